The minimum absolute atomic E-state index is 0.180. The Balaban J connectivity index is 1.97. The van der Waals surface area contributed by atoms with Gasteiger partial charge in [0.2, 0.25) is 10.0 Å². The summed E-state index contributed by atoms with van der Waals surface area (Å²) in [6.45, 7) is 0.180. The molecule has 2 aromatic carbocycles. The van der Waals surface area contributed by atoms with Gasteiger partial charge in [-0.1, -0.05) is 66.7 Å². The van der Waals surface area contributed by atoms with E-state index < -0.39 is 21.7 Å². The van der Waals surface area contributed by atoms with Crippen LogP contribution in [0.5, 0.6) is 0 Å². The number of carbonyl (C=O) groups is 1. The first-order chi connectivity index (χ1) is 11.9. The van der Waals surface area contributed by atoms with Crippen LogP contribution >= 0.6 is 0 Å². The number of methoxy groups -OCH3 is 1. The molecule has 5 nitrogen and oxygen atoms in total. The van der Waals surface area contributed by atoms with Gasteiger partial charge in [-0.25, -0.2) is 12.7 Å². The summed E-state index contributed by atoms with van der Waals surface area (Å²) in [6, 6.07) is 18.0. The van der Waals surface area contributed by atoms with Gasteiger partial charge in [-0.2, -0.15) is 0 Å². The van der Waals surface area contributed by atoms with Gasteiger partial charge in [0.1, 0.15) is 0 Å². The second-order valence-electron chi connectivity index (χ2n) is 5.50. The molecule has 0 bridgehead atoms. The largest absolute Gasteiger partial charge is 0.468 e. The Bertz CT molecular complexity index is 827. The van der Waals surface area contributed by atoms with Crippen molar-refractivity contribution >= 4 is 22.1 Å². The quantitative estimate of drug-likeness (QED) is 0.713. The molecule has 0 atom stereocenters. The fraction of sp³-hybridized carbons (Fsp3) is 0.211. The summed E-state index contributed by atoms with van der Waals surface area (Å²) >= 11 is 0. The minimum Gasteiger partial charge on any atom is -0.468 e. The zero-order valence-electron chi connectivity index (χ0n) is 14.3. The van der Waals surface area contributed by atoms with Gasteiger partial charge in [-0.15, -0.1) is 0 Å². The van der Waals surface area contributed by atoms with E-state index in [2.05, 4.69) is 4.74 Å². The van der Waals surface area contributed by atoms with Crippen molar-refractivity contribution in [1.82, 2.24) is 4.31 Å². The van der Waals surface area contributed by atoms with Gasteiger partial charge in [0.05, 0.1) is 7.11 Å². The second-order valence-corrected chi connectivity index (χ2v) is 7.58. The Morgan fingerprint density at radius 1 is 1.04 bits per heavy atom. The normalized spacial score (nSPS) is 11.8. The lowest BCUT2D eigenvalue weighted by Gasteiger charge is -2.14. The van der Waals surface area contributed by atoms with E-state index in [9.17, 15) is 13.2 Å². The Kier molecular flexibility index (Phi) is 6.50. The van der Waals surface area contributed by atoms with Crippen LogP contribution < -0.4 is 0 Å². The van der Waals surface area contributed by atoms with Gasteiger partial charge in [0, 0.05) is 13.6 Å². The van der Waals surface area contributed by atoms with E-state index in [-0.39, 0.29) is 6.54 Å². The topological polar surface area (TPSA) is 63.7 Å². The van der Waals surface area contributed by atoms with Crippen LogP contribution in [0, 0.1) is 0 Å². The number of nitrogens with zero attached hydrogens (tertiary/aromatic N) is 1. The van der Waals surface area contributed by atoms with E-state index >= 15 is 0 Å². The average molecular weight is 359 g/mol. The molecule has 0 aliphatic heterocycles. The minimum atomic E-state index is -3.66. The first kappa shape index (κ1) is 18.9. The summed E-state index contributed by atoms with van der Waals surface area (Å²) in [5.41, 5.74) is 3.24. The van der Waals surface area contributed by atoms with Gasteiger partial charge in [0.25, 0.3) is 0 Å². The third-order valence-electron chi connectivity index (χ3n) is 3.69. The monoisotopic (exact) mass is 359 g/mol. The smallest absolute Gasteiger partial charge is 0.322 e. The number of rotatable bonds is 7. The molecule has 0 fully saturated rings. The van der Waals surface area contributed by atoms with Crippen LogP contribution in [-0.4, -0.2) is 45.1 Å². The average Bonchev–Trinajstić information content (AvgIpc) is 2.62. The number of benzene rings is 2. The van der Waals surface area contributed by atoms with Crippen LogP contribution in [0.1, 0.15) is 5.56 Å². The zero-order chi connectivity index (χ0) is 18.3. The molecular weight excluding hydrogens is 338 g/mol. The van der Waals surface area contributed by atoms with Crippen LogP contribution in [0.2, 0.25) is 0 Å². The Labute approximate surface area is 148 Å². The molecule has 132 valence electrons. The Morgan fingerprint density at radius 2 is 1.64 bits per heavy atom. The van der Waals surface area contributed by atoms with Gasteiger partial charge >= 0.3 is 5.97 Å². The van der Waals surface area contributed by atoms with Crippen molar-refractivity contribution in [3.05, 3.63) is 66.2 Å². The molecular formula is C19H21NO4S. The molecule has 0 aliphatic rings. The molecule has 0 aliphatic carbocycles. The predicted octanol–water partition coefficient (Wildman–Crippen LogP) is 2.80. The molecule has 0 aromatic heterocycles. The van der Waals surface area contributed by atoms with E-state index in [4.69, 9.17) is 0 Å². The molecule has 2 rings (SSSR count). The van der Waals surface area contributed by atoms with Crippen molar-refractivity contribution in [2.45, 2.75) is 0 Å². The summed E-state index contributed by atoms with van der Waals surface area (Å²) in [5.74, 6) is -1.42. The third-order valence-corrected chi connectivity index (χ3v) is 5.39. The third kappa shape index (κ3) is 5.55. The number of carbonyl (C=O) groups excluding carboxylic acids is 1. The highest BCUT2D eigenvalue weighted by Gasteiger charge is 2.21. The molecule has 0 radical (unpaired) electrons. The molecule has 0 heterocycles. The molecule has 2 aromatic rings. The number of hydrogen-bond donors (Lipinski definition) is 0. The molecule has 25 heavy (non-hydrogen) atoms. The zero-order valence-corrected chi connectivity index (χ0v) is 15.1. The number of esters is 1. The fourth-order valence-electron chi connectivity index (χ4n) is 2.19. The molecule has 0 amide bonds. The van der Waals surface area contributed by atoms with Gasteiger partial charge in [-0.3, -0.25) is 4.79 Å². The summed E-state index contributed by atoms with van der Waals surface area (Å²) in [4.78, 5) is 11.1. The fourth-order valence-corrected chi connectivity index (χ4v) is 3.14. The number of likely N-dealkylation sites (N-methyl/N-ethyl adjacent to an activating group) is 1. The molecule has 0 unspecified atom stereocenters. The van der Waals surface area contributed by atoms with Crippen LogP contribution in [-0.2, 0) is 19.6 Å². The standard InChI is InChI=1S/C19H21NO4S/c1-20(25(22,23)15-19(21)24-2)14-6-7-16-10-12-18(13-11-16)17-8-4-3-5-9-17/h3-13H,14-15H2,1-2H3. The van der Waals surface area contributed by atoms with Crippen LogP contribution in [0.4, 0.5) is 0 Å². The van der Waals surface area contributed by atoms with E-state index in [1.54, 1.807) is 6.08 Å². The maximum atomic E-state index is 11.9. The SMILES string of the molecule is COC(=O)CS(=O)(=O)N(C)CC=Cc1ccc(-c2ccccc2)cc1. The Morgan fingerprint density at radius 3 is 2.24 bits per heavy atom. The van der Waals surface area contributed by atoms with Crippen LogP contribution in [0.3, 0.4) is 0 Å². The predicted molar refractivity (Wildman–Crippen MR) is 99.3 cm³/mol. The summed E-state index contributed by atoms with van der Waals surface area (Å²) in [7, 11) is -1.07. The first-order valence-electron chi connectivity index (χ1n) is 7.75. The number of ether oxygens (including phenoxy) is 1. The summed E-state index contributed by atoms with van der Waals surface area (Å²) in [5, 5.41) is 0. The highest BCUT2D eigenvalue weighted by molar-refractivity contribution is 7.89. The lowest BCUT2D eigenvalue weighted by atomic mass is 10.0. The lowest BCUT2D eigenvalue weighted by Crippen LogP contribution is -2.32. The summed E-state index contributed by atoms with van der Waals surface area (Å²) in [6.07, 6.45) is 3.59. The van der Waals surface area contributed by atoms with Gasteiger partial charge in [0.15, 0.2) is 5.75 Å². The molecule has 0 saturated carbocycles. The first-order valence-corrected chi connectivity index (χ1v) is 9.36. The van der Waals surface area contributed by atoms with E-state index in [0.29, 0.717) is 0 Å². The van der Waals surface area contributed by atoms with Crippen LogP contribution in [0.25, 0.3) is 17.2 Å². The van der Waals surface area contributed by atoms with Crippen molar-refractivity contribution in [2.24, 2.45) is 0 Å². The van der Waals surface area contributed by atoms with Crippen molar-refractivity contribution in [3.63, 3.8) is 0 Å². The second kappa shape index (κ2) is 8.60. The van der Waals surface area contributed by atoms with E-state index in [1.165, 1.54) is 7.05 Å². The molecule has 6 heteroatoms. The summed E-state index contributed by atoms with van der Waals surface area (Å²) < 4.78 is 29.4. The number of hydrogen-bond acceptors (Lipinski definition) is 4. The van der Waals surface area contributed by atoms with Gasteiger partial charge in [-0.05, 0) is 16.7 Å². The van der Waals surface area contributed by atoms with Crippen molar-refractivity contribution in [3.8, 4) is 11.1 Å². The molecule has 0 spiro atoms. The van der Waals surface area contributed by atoms with Crippen molar-refractivity contribution < 1.29 is 17.9 Å². The van der Waals surface area contributed by atoms with E-state index in [1.807, 2.05) is 60.7 Å². The highest BCUT2D eigenvalue weighted by Crippen LogP contribution is 2.19. The Hall–Kier alpha value is -2.44. The highest BCUT2D eigenvalue weighted by atomic mass is 32.2. The van der Waals surface area contributed by atoms with E-state index in [0.717, 1.165) is 28.1 Å². The molecule has 0 saturated heterocycles. The molecule has 0 N–H and O–H groups in total. The van der Waals surface area contributed by atoms with Crippen molar-refractivity contribution in [2.75, 3.05) is 26.5 Å². The van der Waals surface area contributed by atoms with Crippen LogP contribution in [0.15, 0.2) is 60.7 Å². The van der Waals surface area contributed by atoms with Crippen molar-refractivity contribution in [1.29, 1.82) is 0 Å². The maximum absolute atomic E-state index is 11.9. The lowest BCUT2D eigenvalue weighted by molar-refractivity contribution is -0.137. The maximum Gasteiger partial charge on any atom is 0.322 e. The number of sulfonamides is 1. The van der Waals surface area contributed by atoms with Gasteiger partial charge < -0.3 is 4.74 Å².